The summed E-state index contributed by atoms with van der Waals surface area (Å²) in [6, 6.07) is 6.02. The summed E-state index contributed by atoms with van der Waals surface area (Å²) in [4.78, 5) is 13.0. The van der Waals surface area contributed by atoms with Gasteiger partial charge in [0.15, 0.2) is 11.6 Å². The van der Waals surface area contributed by atoms with Crippen molar-refractivity contribution in [2.75, 3.05) is 5.73 Å². The Labute approximate surface area is 118 Å². The average molecular weight is 318 g/mol. The van der Waals surface area contributed by atoms with Gasteiger partial charge in [-0.05, 0) is 25.1 Å². The maximum atomic E-state index is 5.89. The summed E-state index contributed by atoms with van der Waals surface area (Å²) in [6.07, 6.45) is 3.20. The maximum absolute atomic E-state index is 5.89. The molecule has 0 fully saturated rings. The number of imidazole rings is 1. The molecule has 3 aromatic rings. The molecular formula is C13H12BrN5. The molecule has 0 amide bonds. The van der Waals surface area contributed by atoms with E-state index >= 15 is 0 Å². The zero-order valence-corrected chi connectivity index (χ0v) is 11.9. The molecule has 0 saturated carbocycles. The summed E-state index contributed by atoms with van der Waals surface area (Å²) in [5.41, 5.74) is 8.49. The van der Waals surface area contributed by atoms with Gasteiger partial charge >= 0.3 is 0 Å². The van der Waals surface area contributed by atoms with Crippen LogP contribution in [0.1, 0.15) is 6.92 Å². The van der Waals surface area contributed by atoms with E-state index in [9.17, 15) is 0 Å². The molecule has 2 aromatic heterocycles. The lowest BCUT2D eigenvalue weighted by molar-refractivity contribution is 0.793. The molecule has 2 N–H and O–H groups in total. The average Bonchev–Trinajstić information content (AvgIpc) is 2.76. The molecule has 0 aliphatic rings. The Morgan fingerprint density at radius 3 is 2.79 bits per heavy atom. The molecule has 0 spiro atoms. The van der Waals surface area contributed by atoms with E-state index < -0.39 is 0 Å². The van der Waals surface area contributed by atoms with Crippen LogP contribution in [0, 0.1) is 0 Å². The minimum absolute atomic E-state index is 0.395. The molecule has 6 heteroatoms. The van der Waals surface area contributed by atoms with E-state index in [4.69, 9.17) is 5.73 Å². The Morgan fingerprint density at radius 2 is 2.05 bits per heavy atom. The van der Waals surface area contributed by atoms with Crippen LogP contribution in [-0.2, 0) is 6.54 Å². The van der Waals surface area contributed by atoms with E-state index in [0.717, 1.165) is 27.9 Å². The number of nitrogen functional groups attached to an aromatic ring is 1. The van der Waals surface area contributed by atoms with Gasteiger partial charge in [0, 0.05) is 23.4 Å². The van der Waals surface area contributed by atoms with Crippen LogP contribution in [0.2, 0.25) is 0 Å². The number of rotatable bonds is 2. The summed E-state index contributed by atoms with van der Waals surface area (Å²) in [5, 5.41) is 0. The zero-order chi connectivity index (χ0) is 13.4. The molecule has 0 atom stereocenters. The van der Waals surface area contributed by atoms with Crippen LogP contribution in [0.5, 0.6) is 0 Å². The maximum Gasteiger partial charge on any atom is 0.163 e. The topological polar surface area (TPSA) is 69.6 Å². The van der Waals surface area contributed by atoms with E-state index in [-0.39, 0.29) is 0 Å². The number of hydrogen-bond acceptors (Lipinski definition) is 4. The van der Waals surface area contributed by atoms with Crippen LogP contribution in [-0.4, -0.2) is 19.5 Å². The van der Waals surface area contributed by atoms with Crippen molar-refractivity contribution >= 4 is 32.8 Å². The fraction of sp³-hybridized carbons (Fsp3) is 0.154. The van der Waals surface area contributed by atoms with Crippen molar-refractivity contribution < 1.29 is 0 Å². The number of nitrogens with zero attached hydrogens (tertiary/aromatic N) is 4. The lowest BCUT2D eigenvalue weighted by Crippen LogP contribution is -2.03. The Balaban J connectivity index is 2.32. The predicted molar refractivity (Wildman–Crippen MR) is 78.5 cm³/mol. The van der Waals surface area contributed by atoms with Crippen LogP contribution in [0.3, 0.4) is 0 Å². The highest BCUT2D eigenvalue weighted by Crippen LogP contribution is 2.27. The Hall–Kier alpha value is -1.95. The lowest BCUT2D eigenvalue weighted by Gasteiger charge is -2.06. The molecule has 2 heterocycles. The summed E-state index contributed by atoms with van der Waals surface area (Å²) in [7, 11) is 0. The van der Waals surface area contributed by atoms with Crippen LogP contribution < -0.4 is 5.73 Å². The molecule has 0 unspecified atom stereocenters. The first-order valence-electron chi connectivity index (χ1n) is 5.93. The quantitative estimate of drug-likeness (QED) is 0.789. The second-order valence-corrected chi connectivity index (χ2v) is 5.02. The molecule has 96 valence electrons. The van der Waals surface area contributed by atoms with Gasteiger partial charge in [-0.1, -0.05) is 15.9 Å². The van der Waals surface area contributed by atoms with Gasteiger partial charge < -0.3 is 10.3 Å². The molecule has 0 aliphatic carbocycles. The van der Waals surface area contributed by atoms with Crippen molar-refractivity contribution in [3.63, 3.8) is 0 Å². The first kappa shape index (κ1) is 12.1. The second-order valence-electron chi connectivity index (χ2n) is 4.10. The van der Waals surface area contributed by atoms with Gasteiger partial charge in [0.2, 0.25) is 0 Å². The third-order valence-electron chi connectivity index (χ3n) is 2.96. The molecule has 0 radical (unpaired) electrons. The molecule has 0 saturated heterocycles. The number of benzene rings is 1. The highest BCUT2D eigenvalue weighted by Gasteiger charge is 2.15. The first-order valence-corrected chi connectivity index (χ1v) is 6.72. The molecule has 0 aliphatic heterocycles. The number of fused-ring (bicyclic) bond motifs is 1. The van der Waals surface area contributed by atoms with Gasteiger partial charge in [0.1, 0.15) is 5.69 Å². The minimum atomic E-state index is 0.395. The monoisotopic (exact) mass is 317 g/mol. The van der Waals surface area contributed by atoms with Crippen molar-refractivity contribution in [2.45, 2.75) is 13.5 Å². The molecule has 0 bridgehead atoms. The fourth-order valence-corrected chi connectivity index (χ4v) is 2.47. The van der Waals surface area contributed by atoms with Crippen LogP contribution in [0.4, 0.5) is 5.82 Å². The van der Waals surface area contributed by atoms with Crippen molar-refractivity contribution in [1.29, 1.82) is 0 Å². The summed E-state index contributed by atoms with van der Waals surface area (Å²) >= 11 is 3.46. The van der Waals surface area contributed by atoms with Gasteiger partial charge in [-0.3, -0.25) is 0 Å². The number of hydrogen-bond donors (Lipinski definition) is 1. The minimum Gasteiger partial charge on any atom is -0.382 e. The molecule has 3 rings (SSSR count). The Bertz CT molecular complexity index is 750. The smallest absolute Gasteiger partial charge is 0.163 e. The predicted octanol–water partition coefficient (Wildman–Crippen LogP) is 2.86. The summed E-state index contributed by atoms with van der Waals surface area (Å²) in [5.74, 6) is 1.15. The fourth-order valence-electron chi connectivity index (χ4n) is 2.12. The van der Waals surface area contributed by atoms with Crippen molar-refractivity contribution in [3.8, 4) is 11.5 Å². The van der Waals surface area contributed by atoms with Crippen molar-refractivity contribution in [2.24, 2.45) is 0 Å². The lowest BCUT2D eigenvalue weighted by atomic mass is 10.3. The van der Waals surface area contributed by atoms with Crippen LogP contribution in [0.25, 0.3) is 22.6 Å². The van der Waals surface area contributed by atoms with Gasteiger partial charge in [-0.25, -0.2) is 15.0 Å². The van der Waals surface area contributed by atoms with Crippen LogP contribution in [0.15, 0.2) is 35.1 Å². The van der Waals surface area contributed by atoms with E-state index in [0.29, 0.717) is 11.5 Å². The largest absolute Gasteiger partial charge is 0.382 e. The van der Waals surface area contributed by atoms with Gasteiger partial charge in [0.05, 0.1) is 11.0 Å². The summed E-state index contributed by atoms with van der Waals surface area (Å²) in [6.45, 7) is 2.86. The zero-order valence-electron chi connectivity index (χ0n) is 10.3. The Morgan fingerprint density at radius 1 is 1.26 bits per heavy atom. The van der Waals surface area contributed by atoms with E-state index in [2.05, 4.69) is 42.4 Å². The standard InChI is InChI=1S/C13H12BrN5/c1-2-19-10-4-3-8(14)7-9(10)18-13(19)11-12(15)17-6-5-16-11/h3-7H,2H2,1H3,(H2,15,17). The number of aryl methyl sites for hydroxylation is 1. The normalized spacial score (nSPS) is 11.1. The van der Waals surface area contributed by atoms with E-state index in [1.165, 1.54) is 0 Å². The second kappa shape index (κ2) is 4.62. The van der Waals surface area contributed by atoms with Gasteiger partial charge in [-0.2, -0.15) is 0 Å². The van der Waals surface area contributed by atoms with Crippen molar-refractivity contribution in [1.82, 2.24) is 19.5 Å². The highest BCUT2D eigenvalue weighted by molar-refractivity contribution is 9.10. The first-order chi connectivity index (χ1) is 9.20. The molecular weight excluding hydrogens is 306 g/mol. The SMILES string of the molecule is CCn1c(-c2nccnc2N)nc2cc(Br)ccc21. The molecule has 1 aromatic carbocycles. The number of aromatic nitrogens is 4. The third kappa shape index (κ3) is 1.98. The van der Waals surface area contributed by atoms with Gasteiger partial charge in [-0.15, -0.1) is 0 Å². The number of nitrogens with two attached hydrogens (primary N) is 1. The number of anilines is 1. The van der Waals surface area contributed by atoms with Crippen LogP contribution >= 0.6 is 15.9 Å². The molecule has 5 nitrogen and oxygen atoms in total. The number of halogens is 1. The Kier molecular flexibility index (Phi) is 2.94. The van der Waals surface area contributed by atoms with Crippen molar-refractivity contribution in [3.05, 3.63) is 35.1 Å². The van der Waals surface area contributed by atoms with E-state index in [1.807, 2.05) is 18.2 Å². The van der Waals surface area contributed by atoms with Gasteiger partial charge in [0.25, 0.3) is 0 Å². The highest BCUT2D eigenvalue weighted by atomic mass is 79.9. The van der Waals surface area contributed by atoms with E-state index in [1.54, 1.807) is 12.4 Å². The summed E-state index contributed by atoms with van der Waals surface area (Å²) < 4.78 is 3.08. The third-order valence-corrected chi connectivity index (χ3v) is 3.46. The molecule has 19 heavy (non-hydrogen) atoms.